The third-order valence-electron chi connectivity index (χ3n) is 5.03. The minimum atomic E-state index is -3.80. The number of carbonyl (C=O) groups is 1. The molecule has 0 saturated carbocycles. The van der Waals surface area contributed by atoms with E-state index < -0.39 is 15.9 Å². The van der Waals surface area contributed by atoms with Crippen LogP contribution in [0.1, 0.15) is 40.9 Å². The summed E-state index contributed by atoms with van der Waals surface area (Å²) >= 11 is 6.25. The smallest absolute Gasteiger partial charge is 0.261 e. The van der Waals surface area contributed by atoms with Crippen molar-refractivity contribution in [2.24, 2.45) is 0 Å². The second kappa shape index (κ2) is 10.1. The van der Waals surface area contributed by atoms with E-state index in [2.05, 4.69) is 10.0 Å². The SMILES string of the molecule is CC[C@@H](NC(=O)c1cc(NS(=O)(=O)c2ccc(C)cc2)ccc1Cl)c1ccc(OC)cc1. The lowest BCUT2D eigenvalue weighted by Crippen LogP contribution is -2.28. The number of ether oxygens (including phenoxy) is 1. The minimum absolute atomic E-state index is 0.134. The summed E-state index contributed by atoms with van der Waals surface area (Å²) in [5.41, 5.74) is 2.31. The van der Waals surface area contributed by atoms with E-state index in [0.29, 0.717) is 6.42 Å². The zero-order chi connectivity index (χ0) is 23.3. The molecule has 0 spiro atoms. The van der Waals surface area contributed by atoms with Crippen LogP contribution < -0.4 is 14.8 Å². The highest BCUT2D eigenvalue weighted by Gasteiger charge is 2.19. The van der Waals surface area contributed by atoms with Crippen LogP contribution in [-0.2, 0) is 10.0 Å². The zero-order valence-corrected chi connectivity index (χ0v) is 19.6. The number of benzene rings is 3. The van der Waals surface area contributed by atoms with Crippen molar-refractivity contribution in [3.63, 3.8) is 0 Å². The molecule has 0 aliphatic carbocycles. The average Bonchev–Trinajstić information content (AvgIpc) is 2.78. The van der Waals surface area contributed by atoms with Gasteiger partial charge >= 0.3 is 0 Å². The lowest BCUT2D eigenvalue weighted by Gasteiger charge is -2.19. The number of halogens is 1. The van der Waals surface area contributed by atoms with Gasteiger partial charge in [0.15, 0.2) is 0 Å². The van der Waals surface area contributed by atoms with Crippen LogP contribution in [-0.4, -0.2) is 21.4 Å². The lowest BCUT2D eigenvalue weighted by atomic mass is 10.0. The molecular formula is C24H25ClN2O4S. The molecule has 0 saturated heterocycles. The van der Waals surface area contributed by atoms with Crippen molar-refractivity contribution in [3.05, 3.63) is 88.4 Å². The Morgan fingerprint density at radius 3 is 2.28 bits per heavy atom. The van der Waals surface area contributed by atoms with E-state index in [-0.39, 0.29) is 27.2 Å². The minimum Gasteiger partial charge on any atom is -0.497 e. The molecule has 0 unspecified atom stereocenters. The average molecular weight is 473 g/mol. The van der Waals surface area contributed by atoms with Crippen LogP contribution in [0.25, 0.3) is 0 Å². The maximum absolute atomic E-state index is 13.0. The summed E-state index contributed by atoms with van der Waals surface area (Å²) in [6.45, 7) is 3.84. The standard InChI is InChI=1S/C24H25ClN2O4S/c1-4-23(17-7-10-19(31-3)11-8-17)26-24(28)21-15-18(9-14-22(21)25)27-32(29,30)20-12-5-16(2)6-13-20/h5-15,23,27H,4H2,1-3H3,(H,26,28)/t23-/m1/s1. The van der Waals surface area contributed by atoms with Crippen molar-refractivity contribution in [2.75, 3.05) is 11.8 Å². The summed E-state index contributed by atoms with van der Waals surface area (Å²) in [5, 5.41) is 3.19. The van der Waals surface area contributed by atoms with E-state index in [1.807, 2.05) is 38.1 Å². The molecule has 2 N–H and O–H groups in total. The number of nitrogens with one attached hydrogen (secondary N) is 2. The number of methoxy groups -OCH3 is 1. The van der Waals surface area contributed by atoms with Crippen LogP contribution in [0.3, 0.4) is 0 Å². The van der Waals surface area contributed by atoms with Crippen molar-refractivity contribution in [3.8, 4) is 5.75 Å². The Labute approximate surface area is 193 Å². The molecule has 0 aliphatic rings. The Morgan fingerprint density at radius 2 is 1.69 bits per heavy atom. The summed E-state index contributed by atoms with van der Waals surface area (Å²) in [7, 11) is -2.21. The van der Waals surface area contributed by atoms with Gasteiger partial charge in [-0.05, 0) is 61.4 Å². The number of amides is 1. The van der Waals surface area contributed by atoms with Gasteiger partial charge in [0.2, 0.25) is 0 Å². The molecule has 32 heavy (non-hydrogen) atoms. The number of hydrogen-bond donors (Lipinski definition) is 2. The first-order chi connectivity index (χ1) is 15.2. The monoisotopic (exact) mass is 472 g/mol. The Hall–Kier alpha value is -3.03. The maximum atomic E-state index is 13.0. The van der Waals surface area contributed by atoms with Crippen LogP contribution in [0.4, 0.5) is 5.69 Å². The summed E-state index contributed by atoms with van der Waals surface area (Å²) in [5.74, 6) is 0.334. The lowest BCUT2D eigenvalue weighted by molar-refractivity contribution is 0.0935. The fourth-order valence-corrected chi connectivity index (χ4v) is 4.44. The van der Waals surface area contributed by atoms with Crippen molar-refractivity contribution in [2.45, 2.75) is 31.2 Å². The second-order valence-corrected chi connectivity index (χ2v) is 9.41. The molecule has 1 amide bonds. The highest BCUT2D eigenvalue weighted by Crippen LogP contribution is 2.25. The Kier molecular flexibility index (Phi) is 7.43. The Balaban J connectivity index is 1.80. The van der Waals surface area contributed by atoms with Crippen molar-refractivity contribution in [1.82, 2.24) is 5.32 Å². The number of hydrogen-bond acceptors (Lipinski definition) is 4. The van der Waals surface area contributed by atoms with Crippen LogP contribution >= 0.6 is 11.6 Å². The molecule has 168 valence electrons. The fraction of sp³-hybridized carbons (Fsp3) is 0.208. The predicted molar refractivity (Wildman–Crippen MR) is 127 cm³/mol. The van der Waals surface area contributed by atoms with Gasteiger partial charge in [-0.15, -0.1) is 0 Å². The topological polar surface area (TPSA) is 84.5 Å². The summed E-state index contributed by atoms with van der Waals surface area (Å²) in [6, 6.07) is 18.2. The Morgan fingerprint density at radius 1 is 1.03 bits per heavy atom. The molecule has 1 atom stereocenters. The van der Waals surface area contributed by atoms with Gasteiger partial charge in [0.1, 0.15) is 5.75 Å². The van der Waals surface area contributed by atoms with Crippen molar-refractivity contribution >= 4 is 33.2 Å². The van der Waals surface area contributed by atoms with Crippen LogP contribution in [0.15, 0.2) is 71.6 Å². The Bertz CT molecular complexity index is 1190. The fourth-order valence-electron chi connectivity index (χ4n) is 3.19. The molecule has 0 fully saturated rings. The highest BCUT2D eigenvalue weighted by atomic mass is 35.5. The molecular weight excluding hydrogens is 448 g/mol. The molecule has 0 aliphatic heterocycles. The summed E-state index contributed by atoms with van der Waals surface area (Å²) in [4.78, 5) is 13.1. The van der Waals surface area contributed by atoms with Crippen molar-refractivity contribution in [1.29, 1.82) is 0 Å². The van der Waals surface area contributed by atoms with Crippen LogP contribution in [0.5, 0.6) is 5.75 Å². The largest absolute Gasteiger partial charge is 0.497 e. The first kappa shape index (κ1) is 23.6. The first-order valence-electron chi connectivity index (χ1n) is 10.1. The van der Waals surface area contributed by atoms with Gasteiger partial charge in [0, 0.05) is 5.69 Å². The van der Waals surface area contributed by atoms with E-state index in [9.17, 15) is 13.2 Å². The number of anilines is 1. The third kappa shape index (κ3) is 5.60. The quantitative estimate of drug-likeness (QED) is 0.463. The molecule has 0 heterocycles. The van der Waals surface area contributed by atoms with Gasteiger partial charge < -0.3 is 10.1 Å². The number of aryl methyl sites for hydroxylation is 1. The molecule has 3 rings (SSSR count). The van der Waals surface area contributed by atoms with Crippen LogP contribution in [0, 0.1) is 6.92 Å². The van der Waals surface area contributed by atoms with E-state index in [1.165, 1.54) is 30.3 Å². The molecule has 6 nitrogen and oxygen atoms in total. The number of carbonyl (C=O) groups excluding carboxylic acids is 1. The third-order valence-corrected chi connectivity index (χ3v) is 6.75. The summed E-state index contributed by atoms with van der Waals surface area (Å²) < 4.78 is 33.1. The maximum Gasteiger partial charge on any atom is 0.261 e. The number of rotatable bonds is 8. The molecule has 0 bridgehead atoms. The van der Waals surface area contributed by atoms with E-state index in [4.69, 9.17) is 16.3 Å². The molecule has 3 aromatic rings. The summed E-state index contributed by atoms with van der Waals surface area (Å²) in [6.07, 6.45) is 0.662. The zero-order valence-electron chi connectivity index (χ0n) is 18.1. The van der Waals surface area contributed by atoms with Crippen molar-refractivity contribution < 1.29 is 17.9 Å². The van der Waals surface area contributed by atoms with Crippen LogP contribution in [0.2, 0.25) is 5.02 Å². The molecule has 0 aromatic heterocycles. The van der Waals surface area contributed by atoms with Gasteiger partial charge in [-0.25, -0.2) is 8.42 Å². The molecule has 0 radical (unpaired) electrons. The van der Waals surface area contributed by atoms with E-state index >= 15 is 0 Å². The highest BCUT2D eigenvalue weighted by molar-refractivity contribution is 7.92. The number of sulfonamides is 1. The van der Waals surface area contributed by atoms with Gasteiger partial charge in [-0.2, -0.15) is 0 Å². The van der Waals surface area contributed by atoms with Gasteiger partial charge in [-0.1, -0.05) is 48.4 Å². The second-order valence-electron chi connectivity index (χ2n) is 7.32. The normalized spacial score (nSPS) is 12.1. The predicted octanol–water partition coefficient (Wildman–Crippen LogP) is 5.34. The van der Waals surface area contributed by atoms with E-state index in [1.54, 1.807) is 19.2 Å². The van der Waals surface area contributed by atoms with Gasteiger partial charge in [-0.3, -0.25) is 9.52 Å². The van der Waals surface area contributed by atoms with E-state index in [0.717, 1.165) is 16.9 Å². The first-order valence-corrected chi connectivity index (χ1v) is 11.9. The van der Waals surface area contributed by atoms with Gasteiger partial charge in [0.25, 0.3) is 15.9 Å². The molecule has 8 heteroatoms. The van der Waals surface area contributed by atoms with Gasteiger partial charge in [0.05, 0.1) is 28.6 Å². The molecule has 3 aromatic carbocycles.